The van der Waals surface area contributed by atoms with Crippen LogP contribution >= 0.6 is 11.3 Å². The van der Waals surface area contributed by atoms with Crippen molar-refractivity contribution in [2.45, 2.75) is 47.6 Å². The molecular formula is C22H27N3O6S. The van der Waals surface area contributed by atoms with E-state index in [1.54, 1.807) is 32.6 Å². The second-order valence-corrected chi connectivity index (χ2v) is 8.42. The first-order chi connectivity index (χ1) is 15.0. The van der Waals surface area contributed by atoms with Gasteiger partial charge < -0.3 is 15.0 Å². The Kier molecular flexibility index (Phi) is 8.09. The summed E-state index contributed by atoms with van der Waals surface area (Å²) in [5, 5.41) is 14.0. The number of nitrogens with zero attached hydrogens (tertiary/aromatic N) is 2. The highest BCUT2D eigenvalue weighted by atomic mass is 32.1. The number of rotatable bonds is 8. The van der Waals surface area contributed by atoms with Crippen molar-refractivity contribution >= 4 is 39.8 Å². The molecule has 0 spiro atoms. The lowest BCUT2D eigenvalue weighted by molar-refractivity contribution is -0.385. The predicted octanol–water partition coefficient (Wildman–Crippen LogP) is 4.57. The van der Waals surface area contributed by atoms with Gasteiger partial charge in [-0.3, -0.25) is 19.7 Å². The van der Waals surface area contributed by atoms with E-state index >= 15 is 0 Å². The summed E-state index contributed by atoms with van der Waals surface area (Å²) in [6.07, 6.45) is -0.396. The van der Waals surface area contributed by atoms with Crippen molar-refractivity contribution in [3.63, 3.8) is 0 Å². The fourth-order valence-corrected chi connectivity index (χ4v) is 4.26. The number of hydrogen-bond acceptors (Lipinski definition) is 7. The first kappa shape index (κ1) is 25.0. The number of ether oxygens (including phenoxy) is 1. The van der Waals surface area contributed by atoms with E-state index in [2.05, 4.69) is 5.32 Å². The summed E-state index contributed by atoms with van der Waals surface area (Å²) < 4.78 is 5.32. The van der Waals surface area contributed by atoms with E-state index in [0.717, 1.165) is 11.3 Å². The van der Waals surface area contributed by atoms with Gasteiger partial charge in [-0.1, -0.05) is 6.07 Å². The third-order valence-corrected chi connectivity index (χ3v) is 6.03. The first-order valence-electron chi connectivity index (χ1n) is 10.2. The lowest BCUT2D eigenvalue weighted by atomic mass is 10.1. The molecule has 2 aromatic rings. The summed E-state index contributed by atoms with van der Waals surface area (Å²) in [4.78, 5) is 51.2. The Morgan fingerprint density at radius 1 is 1.19 bits per heavy atom. The van der Waals surface area contributed by atoms with Crippen LogP contribution in [0.15, 0.2) is 18.2 Å². The van der Waals surface area contributed by atoms with E-state index in [9.17, 15) is 24.5 Å². The zero-order valence-electron chi connectivity index (χ0n) is 19.0. The molecule has 0 saturated heterocycles. The third kappa shape index (κ3) is 5.31. The Bertz CT molecular complexity index is 1060. The van der Waals surface area contributed by atoms with Gasteiger partial charge in [-0.25, -0.2) is 4.79 Å². The Hall–Kier alpha value is -3.27. The summed E-state index contributed by atoms with van der Waals surface area (Å²) in [5.74, 6) is -1.53. The van der Waals surface area contributed by atoms with Gasteiger partial charge in [-0.2, -0.15) is 0 Å². The molecule has 2 rings (SSSR count). The number of carbonyl (C=O) groups is 3. The van der Waals surface area contributed by atoms with Crippen LogP contribution in [0.2, 0.25) is 0 Å². The fourth-order valence-electron chi connectivity index (χ4n) is 3.10. The molecule has 1 N–H and O–H groups in total. The summed E-state index contributed by atoms with van der Waals surface area (Å²) in [7, 11) is 0. The standard InChI is InChI=1S/C22H27N3O6S/c1-7-24(8-2)21(27)18-14(6)17(22(28)31-12(3)4)20(32-18)23-19(26)15-10-9-13(5)16(11-15)25(29)30/h9-12H,7-8H2,1-6H3,(H,23,26). The molecule has 0 fully saturated rings. The van der Waals surface area contributed by atoms with Crippen LogP contribution in [0.1, 0.15) is 69.2 Å². The zero-order chi connectivity index (χ0) is 24.2. The molecule has 32 heavy (non-hydrogen) atoms. The highest BCUT2D eigenvalue weighted by molar-refractivity contribution is 7.18. The number of nitrogens with one attached hydrogen (secondary N) is 1. The van der Waals surface area contributed by atoms with Gasteiger partial charge in [0.15, 0.2) is 0 Å². The van der Waals surface area contributed by atoms with Crippen molar-refractivity contribution < 1.29 is 24.0 Å². The maximum absolute atomic E-state index is 12.9. The van der Waals surface area contributed by atoms with Crippen LogP contribution in [-0.2, 0) is 4.74 Å². The second-order valence-electron chi connectivity index (χ2n) is 7.40. The number of aryl methyl sites for hydroxylation is 1. The molecule has 1 heterocycles. The summed E-state index contributed by atoms with van der Waals surface area (Å²) >= 11 is 0.988. The Morgan fingerprint density at radius 3 is 2.34 bits per heavy atom. The molecule has 0 bridgehead atoms. The summed E-state index contributed by atoms with van der Waals surface area (Å²) in [6, 6.07) is 4.13. The van der Waals surface area contributed by atoms with Gasteiger partial charge in [0, 0.05) is 30.3 Å². The molecule has 0 aliphatic rings. The van der Waals surface area contributed by atoms with Crippen molar-refractivity contribution in [2.75, 3.05) is 18.4 Å². The monoisotopic (exact) mass is 461 g/mol. The lowest BCUT2D eigenvalue weighted by Gasteiger charge is -2.18. The fraction of sp³-hybridized carbons (Fsp3) is 0.409. The van der Waals surface area contributed by atoms with E-state index in [1.807, 2.05) is 13.8 Å². The number of amides is 2. The molecule has 0 atom stereocenters. The number of benzene rings is 1. The van der Waals surface area contributed by atoms with Gasteiger partial charge >= 0.3 is 5.97 Å². The van der Waals surface area contributed by atoms with Gasteiger partial charge in [0.2, 0.25) is 0 Å². The Morgan fingerprint density at radius 2 is 1.81 bits per heavy atom. The van der Waals surface area contributed by atoms with E-state index in [0.29, 0.717) is 29.1 Å². The molecule has 0 aliphatic heterocycles. The Balaban J connectivity index is 2.51. The maximum Gasteiger partial charge on any atom is 0.341 e. The minimum Gasteiger partial charge on any atom is -0.459 e. The highest BCUT2D eigenvalue weighted by Crippen LogP contribution is 2.35. The van der Waals surface area contributed by atoms with Gasteiger partial charge in [0.1, 0.15) is 5.00 Å². The molecule has 0 unspecified atom stereocenters. The molecule has 0 radical (unpaired) electrons. The van der Waals surface area contributed by atoms with Gasteiger partial charge in [0.05, 0.1) is 21.5 Å². The van der Waals surface area contributed by atoms with Crippen molar-refractivity contribution in [1.29, 1.82) is 0 Å². The van der Waals surface area contributed by atoms with E-state index in [4.69, 9.17) is 4.74 Å². The van der Waals surface area contributed by atoms with Crippen LogP contribution in [0.3, 0.4) is 0 Å². The normalized spacial score (nSPS) is 10.7. The number of thiophene rings is 1. The SMILES string of the molecule is CCN(CC)C(=O)c1sc(NC(=O)c2ccc(C)c([N+](=O)[O-])c2)c(C(=O)OC(C)C)c1C. The number of esters is 1. The molecule has 10 heteroatoms. The van der Waals surface area contributed by atoms with Crippen molar-refractivity contribution in [3.8, 4) is 0 Å². The zero-order valence-corrected chi connectivity index (χ0v) is 19.8. The van der Waals surface area contributed by atoms with Crippen LogP contribution < -0.4 is 5.32 Å². The van der Waals surface area contributed by atoms with Crippen LogP contribution in [-0.4, -0.2) is 46.8 Å². The Labute approximate surface area is 190 Å². The smallest absolute Gasteiger partial charge is 0.341 e. The first-order valence-corrected chi connectivity index (χ1v) is 11.0. The minimum atomic E-state index is -0.655. The lowest BCUT2D eigenvalue weighted by Crippen LogP contribution is -2.30. The molecular weight excluding hydrogens is 434 g/mol. The number of nitro groups is 1. The predicted molar refractivity (Wildman–Crippen MR) is 123 cm³/mol. The molecule has 2 amide bonds. The summed E-state index contributed by atoms with van der Waals surface area (Å²) in [6.45, 7) is 11.3. The molecule has 1 aromatic heterocycles. The van der Waals surface area contributed by atoms with Crippen molar-refractivity contribution in [1.82, 2.24) is 4.90 Å². The number of nitro benzene ring substituents is 1. The van der Waals surface area contributed by atoms with Gasteiger partial charge in [-0.05, 0) is 53.2 Å². The molecule has 0 saturated carbocycles. The molecule has 1 aromatic carbocycles. The topological polar surface area (TPSA) is 119 Å². The van der Waals surface area contributed by atoms with Crippen LogP contribution in [0, 0.1) is 24.0 Å². The third-order valence-electron chi connectivity index (χ3n) is 4.83. The largest absolute Gasteiger partial charge is 0.459 e. The second kappa shape index (κ2) is 10.4. The van der Waals surface area contributed by atoms with E-state index in [-0.39, 0.29) is 27.7 Å². The number of anilines is 1. The minimum absolute atomic E-state index is 0.0631. The van der Waals surface area contributed by atoms with Crippen molar-refractivity contribution in [2.24, 2.45) is 0 Å². The molecule has 9 nitrogen and oxygen atoms in total. The van der Waals surface area contributed by atoms with E-state index < -0.39 is 22.9 Å². The number of hydrogen-bond donors (Lipinski definition) is 1. The average Bonchev–Trinajstić information content (AvgIpc) is 3.04. The quantitative estimate of drug-likeness (QED) is 0.349. The van der Waals surface area contributed by atoms with Gasteiger partial charge in [0.25, 0.3) is 17.5 Å². The van der Waals surface area contributed by atoms with Crippen LogP contribution in [0.4, 0.5) is 10.7 Å². The molecule has 0 aliphatic carbocycles. The maximum atomic E-state index is 12.9. The van der Waals surface area contributed by atoms with Crippen molar-refractivity contribution in [3.05, 3.63) is 55.4 Å². The highest BCUT2D eigenvalue weighted by Gasteiger charge is 2.29. The van der Waals surface area contributed by atoms with E-state index in [1.165, 1.54) is 18.2 Å². The van der Waals surface area contributed by atoms with Crippen LogP contribution in [0.25, 0.3) is 0 Å². The molecule has 172 valence electrons. The van der Waals surface area contributed by atoms with Gasteiger partial charge in [-0.15, -0.1) is 11.3 Å². The number of carbonyl (C=O) groups excluding carboxylic acids is 3. The summed E-state index contributed by atoms with van der Waals surface area (Å²) in [5.41, 5.74) is 0.828. The average molecular weight is 462 g/mol. The van der Waals surface area contributed by atoms with Crippen LogP contribution in [0.5, 0.6) is 0 Å².